The molecule has 0 N–H and O–H groups in total. The first-order chi connectivity index (χ1) is 8.01. The van der Waals surface area contributed by atoms with Gasteiger partial charge in [0.25, 0.3) is 0 Å². The summed E-state index contributed by atoms with van der Waals surface area (Å²) in [5.74, 6) is -0.274. The number of methoxy groups -OCH3 is 1. The number of ether oxygens (including phenoxy) is 1. The van der Waals surface area contributed by atoms with Gasteiger partial charge < -0.3 is 4.74 Å². The first kappa shape index (κ1) is 13.7. The van der Waals surface area contributed by atoms with E-state index in [1.807, 2.05) is 18.5 Å². The van der Waals surface area contributed by atoms with Crippen molar-refractivity contribution >= 4 is 5.97 Å². The van der Waals surface area contributed by atoms with Crippen molar-refractivity contribution in [2.45, 2.75) is 47.1 Å². The van der Waals surface area contributed by atoms with E-state index in [-0.39, 0.29) is 11.9 Å². The summed E-state index contributed by atoms with van der Waals surface area (Å²) < 4.78 is 6.77. The van der Waals surface area contributed by atoms with Gasteiger partial charge in [0.1, 0.15) is 0 Å². The molecule has 0 saturated heterocycles. The molecule has 17 heavy (non-hydrogen) atoms. The van der Waals surface area contributed by atoms with Gasteiger partial charge in [0, 0.05) is 12.2 Å². The highest BCUT2D eigenvalue weighted by atomic mass is 16.5. The fourth-order valence-electron chi connectivity index (χ4n) is 2.05. The van der Waals surface area contributed by atoms with Gasteiger partial charge in [-0.25, -0.2) is 0 Å². The average Bonchev–Trinajstić information content (AvgIpc) is 2.56. The Morgan fingerprint density at radius 2 is 2.12 bits per heavy atom. The molecule has 1 aromatic heterocycles. The molecule has 1 rings (SSSR count). The second-order valence-electron chi connectivity index (χ2n) is 4.50. The summed E-state index contributed by atoms with van der Waals surface area (Å²) >= 11 is 0. The number of nitrogens with zero attached hydrogens (tertiary/aromatic N) is 2. The Hall–Kier alpha value is -1.32. The van der Waals surface area contributed by atoms with Crippen molar-refractivity contribution in [2.24, 2.45) is 5.92 Å². The maximum Gasteiger partial charge on any atom is 0.308 e. The van der Waals surface area contributed by atoms with Crippen molar-refractivity contribution in [2.75, 3.05) is 7.11 Å². The van der Waals surface area contributed by atoms with Crippen LogP contribution in [0.1, 0.15) is 37.2 Å². The van der Waals surface area contributed by atoms with Crippen LogP contribution >= 0.6 is 0 Å². The molecule has 1 atom stereocenters. The first-order valence-corrected chi connectivity index (χ1v) is 6.11. The SMILES string of the molecule is CCCn1nc(C)c(CC(C)C(=O)OC)c1C. The van der Waals surface area contributed by atoms with Gasteiger partial charge in [-0.3, -0.25) is 9.48 Å². The first-order valence-electron chi connectivity index (χ1n) is 6.11. The van der Waals surface area contributed by atoms with E-state index in [0.717, 1.165) is 18.7 Å². The molecule has 0 aliphatic rings. The Labute approximate surface area is 103 Å². The van der Waals surface area contributed by atoms with Gasteiger partial charge in [0.15, 0.2) is 0 Å². The molecular formula is C13H22N2O2. The van der Waals surface area contributed by atoms with Crippen LogP contribution < -0.4 is 0 Å². The van der Waals surface area contributed by atoms with Crippen LogP contribution in [0.2, 0.25) is 0 Å². The fourth-order valence-corrected chi connectivity index (χ4v) is 2.05. The lowest BCUT2D eigenvalue weighted by molar-refractivity contribution is -0.144. The number of carbonyl (C=O) groups is 1. The van der Waals surface area contributed by atoms with Crippen LogP contribution in [0.5, 0.6) is 0 Å². The zero-order chi connectivity index (χ0) is 13.0. The molecule has 0 spiro atoms. The number of hydrogen-bond acceptors (Lipinski definition) is 3. The third-order valence-corrected chi connectivity index (χ3v) is 3.08. The van der Waals surface area contributed by atoms with Gasteiger partial charge in [-0.1, -0.05) is 13.8 Å². The van der Waals surface area contributed by atoms with Crippen molar-refractivity contribution in [3.05, 3.63) is 17.0 Å². The molecule has 1 aromatic rings. The summed E-state index contributed by atoms with van der Waals surface area (Å²) in [4.78, 5) is 11.4. The molecule has 1 unspecified atom stereocenters. The molecule has 0 saturated carbocycles. The van der Waals surface area contributed by atoms with E-state index in [4.69, 9.17) is 4.74 Å². The maximum atomic E-state index is 11.4. The van der Waals surface area contributed by atoms with E-state index in [0.29, 0.717) is 6.42 Å². The number of aryl methyl sites for hydroxylation is 2. The van der Waals surface area contributed by atoms with Crippen molar-refractivity contribution in [3.8, 4) is 0 Å². The molecule has 0 radical (unpaired) electrons. The quantitative estimate of drug-likeness (QED) is 0.739. The zero-order valence-corrected chi connectivity index (χ0v) is 11.4. The van der Waals surface area contributed by atoms with E-state index in [1.54, 1.807) is 0 Å². The second-order valence-corrected chi connectivity index (χ2v) is 4.50. The molecule has 0 bridgehead atoms. The van der Waals surface area contributed by atoms with E-state index < -0.39 is 0 Å². The average molecular weight is 238 g/mol. The number of aromatic nitrogens is 2. The summed E-state index contributed by atoms with van der Waals surface area (Å²) in [6.07, 6.45) is 1.77. The molecule has 0 amide bonds. The molecule has 1 heterocycles. The van der Waals surface area contributed by atoms with Gasteiger partial charge in [-0.2, -0.15) is 5.10 Å². The smallest absolute Gasteiger partial charge is 0.308 e. The number of hydrogen-bond donors (Lipinski definition) is 0. The third-order valence-electron chi connectivity index (χ3n) is 3.08. The summed E-state index contributed by atoms with van der Waals surface area (Å²) in [5, 5.41) is 4.50. The molecule has 4 heteroatoms. The summed E-state index contributed by atoms with van der Waals surface area (Å²) in [5.41, 5.74) is 3.36. The van der Waals surface area contributed by atoms with Crippen LogP contribution in [0.3, 0.4) is 0 Å². The van der Waals surface area contributed by atoms with Crippen molar-refractivity contribution in [1.29, 1.82) is 0 Å². The predicted molar refractivity (Wildman–Crippen MR) is 66.9 cm³/mol. The maximum absolute atomic E-state index is 11.4. The Kier molecular flexibility index (Phi) is 4.73. The van der Waals surface area contributed by atoms with Crippen molar-refractivity contribution < 1.29 is 9.53 Å². The summed E-state index contributed by atoms with van der Waals surface area (Å²) in [6, 6.07) is 0. The summed E-state index contributed by atoms with van der Waals surface area (Å²) in [6.45, 7) is 9.02. The number of carbonyl (C=O) groups excluding carboxylic acids is 1. The topological polar surface area (TPSA) is 44.1 Å². The van der Waals surface area contributed by atoms with Crippen LogP contribution in [0.25, 0.3) is 0 Å². The highest BCUT2D eigenvalue weighted by Crippen LogP contribution is 2.18. The predicted octanol–water partition coefficient (Wildman–Crippen LogP) is 2.26. The summed E-state index contributed by atoms with van der Waals surface area (Å²) in [7, 11) is 1.43. The lowest BCUT2D eigenvalue weighted by Gasteiger charge is -2.09. The minimum absolute atomic E-state index is 0.114. The molecule has 0 aliphatic heterocycles. The molecule has 0 aliphatic carbocycles. The van der Waals surface area contributed by atoms with Gasteiger partial charge in [-0.05, 0) is 32.3 Å². The van der Waals surface area contributed by atoms with Gasteiger partial charge in [0.05, 0.1) is 18.7 Å². The monoisotopic (exact) mass is 238 g/mol. The van der Waals surface area contributed by atoms with Crippen molar-refractivity contribution in [1.82, 2.24) is 9.78 Å². The molecular weight excluding hydrogens is 216 g/mol. The zero-order valence-electron chi connectivity index (χ0n) is 11.4. The fraction of sp³-hybridized carbons (Fsp3) is 0.692. The van der Waals surface area contributed by atoms with Crippen LogP contribution in [-0.2, 0) is 22.5 Å². The largest absolute Gasteiger partial charge is 0.469 e. The normalized spacial score (nSPS) is 12.5. The minimum Gasteiger partial charge on any atom is -0.469 e. The van der Waals surface area contributed by atoms with E-state index in [9.17, 15) is 4.79 Å². The highest BCUT2D eigenvalue weighted by molar-refractivity contribution is 5.72. The lowest BCUT2D eigenvalue weighted by Crippen LogP contribution is -2.16. The van der Waals surface area contributed by atoms with Gasteiger partial charge >= 0.3 is 5.97 Å². The number of esters is 1. The lowest BCUT2D eigenvalue weighted by atomic mass is 10.00. The van der Waals surface area contributed by atoms with Gasteiger partial charge in [0.2, 0.25) is 0 Å². The van der Waals surface area contributed by atoms with Crippen LogP contribution in [0, 0.1) is 19.8 Å². The van der Waals surface area contributed by atoms with Crippen molar-refractivity contribution in [3.63, 3.8) is 0 Å². The highest BCUT2D eigenvalue weighted by Gasteiger charge is 2.19. The van der Waals surface area contributed by atoms with Crippen LogP contribution in [-0.4, -0.2) is 22.9 Å². The van der Waals surface area contributed by atoms with Crippen LogP contribution in [0.15, 0.2) is 0 Å². The second kappa shape index (κ2) is 5.84. The molecule has 96 valence electrons. The standard InChI is InChI=1S/C13H22N2O2/c1-6-7-15-11(4)12(10(3)14-15)8-9(2)13(16)17-5/h9H,6-8H2,1-5H3. The Morgan fingerprint density at radius 3 is 2.65 bits per heavy atom. The Balaban J connectivity index is 2.87. The minimum atomic E-state index is -0.160. The van der Waals surface area contributed by atoms with E-state index in [1.165, 1.54) is 18.4 Å². The Bertz CT molecular complexity index is 396. The van der Waals surface area contributed by atoms with E-state index in [2.05, 4.69) is 18.9 Å². The number of rotatable bonds is 5. The Morgan fingerprint density at radius 1 is 1.47 bits per heavy atom. The molecule has 4 nitrogen and oxygen atoms in total. The molecule has 0 fully saturated rings. The van der Waals surface area contributed by atoms with Crippen LogP contribution in [0.4, 0.5) is 0 Å². The van der Waals surface area contributed by atoms with E-state index >= 15 is 0 Å². The third kappa shape index (κ3) is 3.08. The molecule has 0 aromatic carbocycles. The van der Waals surface area contributed by atoms with Gasteiger partial charge in [-0.15, -0.1) is 0 Å².